The van der Waals surface area contributed by atoms with Crippen molar-refractivity contribution >= 4 is 7.69 Å². The van der Waals surface area contributed by atoms with Gasteiger partial charge in [0.05, 0.1) is 0 Å². The second kappa shape index (κ2) is 3.69. The Bertz CT molecular complexity index is 537. The summed E-state index contributed by atoms with van der Waals surface area (Å²) in [4.78, 5) is 0. The topological polar surface area (TPSA) is 29.5 Å². The lowest BCUT2D eigenvalue weighted by molar-refractivity contribution is 0.454. The van der Waals surface area contributed by atoms with E-state index >= 15 is 0 Å². The van der Waals surface area contributed by atoms with Gasteiger partial charge in [-0.2, -0.15) is 0 Å². The van der Waals surface area contributed by atoms with Crippen molar-refractivity contribution in [3.8, 4) is 16.9 Å². The van der Waals surface area contributed by atoms with Crippen LogP contribution in [0.25, 0.3) is 11.1 Å². The molecular formula is C13H10BO2. The SMILES string of the molecule is O[B]Oc1ccc2c(c1)-c1ccccc1C2. The van der Waals surface area contributed by atoms with E-state index in [1.807, 2.05) is 24.3 Å². The Kier molecular flexibility index (Phi) is 2.19. The summed E-state index contributed by atoms with van der Waals surface area (Å²) in [6, 6.07) is 14.3. The predicted molar refractivity (Wildman–Crippen MR) is 63.3 cm³/mol. The molecule has 0 aromatic heterocycles. The van der Waals surface area contributed by atoms with Crippen molar-refractivity contribution in [1.29, 1.82) is 0 Å². The number of hydrogen-bond acceptors (Lipinski definition) is 2. The molecular weight excluding hydrogens is 199 g/mol. The first-order valence-corrected chi connectivity index (χ1v) is 5.22. The fraction of sp³-hybridized carbons (Fsp3) is 0.0769. The molecule has 0 spiro atoms. The molecule has 3 rings (SSSR count). The lowest BCUT2D eigenvalue weighted by Crippen LogP contribution is -1.99. The molecule has 2 nitrogen and oxygen atoms in total. The van der Waals surface area contributed by atoms with Crippen LogP contribution in [0.4, 0.5) is 0 Å². The van der Waals surface area contributed by atoms with Gasteiger partial charge in [0.2, 0.25) is 0 Å². The molecule has 0 saturated carbocycles. The second-order valence-electron chi connectivity index (χ2n) is 3.88. The summed E-state index contributed by atoms with van der Waals surface area (Å²) in [5, 5.41) is 8.62. The lowest BCUT2D eigenvalue weighted by Gasteiger charge is -2.05. The quantitative estimate of drug-likeness (QED) is 0.655. The lowest BCUT2D eigenvalue weighted by atomic mass is 10.1. The van der Waals surface area contributed by atoms with E-state index in [0.717, 1.165) is 6.42 Å². The Morgan fingerprint density at radius 3 is 2.69 bits per heavy atom. The van der Waals surface area contributed by atoms with Crippen LogP contribution in [0.15, 0.2) is 42.5 Å². The van der Waals surface area contributed by atoms with Gasteiger partial charge in [0.15, 0.2) is 0 Å². The summed E-state index contributed by atoms with van der Waals surface area (Å²) >= 11 is 0. The first-order chi connectivity index (χ1) is 7.88. The zero-order valence-corrected chi connectivity index (χ0v) is 8.68. The van der Waals surface area contributed by atoms with E-state index in [9.17, 15) is 0 Å². The van der Waals surface area contributed by atoms with Crippen molar-refractivity contribution in [2.45, 2.75) is 6.42 Å². The van der Waals surface area contributed by atoms with Gasteiger partial charge in [-0.25, -0.2) is 0 Å². The largest absolute Gasteiger partial charge is 0.569 e. The highest BCUT2D eigenvalue weighted by atomic mass is 16.5. The molecule has 1 aliphatic carbocycles. The number of hydrogen-bond donors (Lipinski definition) is 1. The second-order valence-corrected chi connectivity index (χ2v) is 3.88. The Morgan fingerprint density at radius 1 is 1.00 bits per heavy atom. The van der Waals surface area contributed by atoms with Gasteiger partial charge >= 0.3 is 7.69 Å². The van der Waals surface area contributed by atoms with Crippen LogP contribution in [0.1, 0.15) is 11.1 Å². The molecule has 0 amide bonds. The molecule has 0 atom stereocenters. The van der Waals surface area contributed by atoms with Gasteiger partial charge in [0, 0.05) is 0 Å². The summed E-state index contributed by atoms with van der Waals surface area (Å²) in [6.45, 7) is 0. The maximum absolute atomic E-state index is 8.62. The maximum atomic E-state index is 8.62. The normalized spacial score (nSPS) is 11.8. The molecule has 77 valence electrons. The fourth-order valence-electron chi connectivity index (χ4n) is 2.24. The molecule has 1 radical (unpaired) electrons. The Labute approximate surface area is 94.8 Å². The van der Waals surface area contributed by atoms with Crippen LogP contribution in [-0.2, 0) is 6.42 Å². The smallest absolute Gasteiger partial charge is 0.537 e. The van der Waals surface area contributed by atoms with Gasteiger partial charge in [0.1, 0.15) is 5.75 Å². The average molecular weight is 209 g/mol. The zero-order valence-electron chi connectivity index (χ0n) is 8.68. The minimum absolute atomic E-state index is 0.665. The monoisotopic (exact) mass is 209 g/mol. The summed E-state index contributed by atoms with van der Waals surface area (Å²) in [6.07, 6.45) is 0.981. The first kappa shape index (κ1) is 9.49. The van der Waals surface area contributed by atoms with Crippen LogP contribution in [0, 0.1) is 0 Å². The van der Waals surface area contributed by atoms with E-state index in [1.165, 1.54) is 22.3 Å². The number of rotatable bonds is 2. The average Bonchev–Trinajstić information content (AvgIpc) is 2.68. The summed E-state index contributed by atoms with van der Waals surface area (Å²) in [7, 11) is 0.711. The Morgan fingerprint density at radius 2 is 1.81 bits per heavy atom. The maximum Gasteiger partial charge on any atom is 0.569 e. The van der Waals surface area contributed by atoms with Crippen molar-refractivity contribution in [2.75, 3.05) is 0 Å². The molecule has 0 bridgehead atoms. The van der Waals surface area contributed by atoms with E-state index in [1.54, 1.807) is 0 Å². The molecule has 1 N–H and O–H groups in total. The Hall–Kier alpha value is -1.74. The third-order valence-electron chi connectivity index (χ3n) is 2.96. The Balaban J connectivity index is 2.11. The van der Waals surface area contributed by atoms with Crippen LogP contribution in [-0.4, -0.2) is 12.7 Å². The van der Waals surface area contributed by atoms with Gasteiger partial charge < -0.3 is 9.68 Å². The summed E-state index contributed by atoms with van der Waals surface area (Å²) in [5.41, 5.74) is 5.13. The molecule has 1 aliphatic rings. The molecule has 2 aromatic carbocycles. The van der Waals surface area contributed by atoms with Gasteiger partial charge in [0.25, 0.3) is 0 Å². The van der Waals surface area contributed by atoms with Crippen LogP contribution in [0.5, 0.6) is 5.75 Å². The van der Waals surface area contributed by atoms with Crippen LogP contribution < -0.4 is 4.65 Å². The fourth-order valence-corrected chi connectivity index (χ4v) is 2.24. The van der Waals surface area contributed by atoms with Gasteiger partial charge in [-0.15, -0.1) is 0 Å². The summed E-state index contributed by atoms with van der Waals surface area (Å²) in [5.74, 6) is 0.665. The van der Waals surface area contributed by atoms with Gasteiger partial charge in [-0.3, -0.25) is 0 Å². The third kappa shape index (κ3) is 1.41. The molecule has 2 aromatic rings. The van der Waals surface area contributed by atoms with Gasteiger partial charge in [-0.05, 0) is 40.8 Å². The van der Waals surface area contributed by atoms with E-state index in [4.69, 9.17) is 9.68 Å². The van der Waals surface area contributed by atoms with Crippen molar-refractivity contribution in [3.63, 3.8) is 0 Å². The van der Waals surface area contributed by atoms with E-state index in [0.29, 0.717) is 13.4 Å². The van der Waals surface area contributed by atoms with E-state index in [2.05, 4.69) is 18.2 Å². The third-order valence-corrected chi connectivity index (χ3v) is 2.96. The number of fused-ring (bicyclic) bond motifs is 3. The molecule has 0 aliphatic heterocycles. The van der Waals surface area contributed by atoms with Crippen molar-refractivity contribution in [2.24, 2.45) is 0 Å². The minimum Gasteiger partial charge on any atom is -0.537 e. The van der Waals surface area contributed by atoms with Crippen molar-refractivity contribution in [1.82, 2.24) is 0 Å². The zero-order chi connectivity index (χ0) is 11.0. The molecule has 0 saturated heterocycles. The van der Waals surface area contributed by atoms with Crippen molar-refractivity contribution in [3.05, 3.63) is 53.6 Å². The molecule has 0 heterocycles. The highest BCUT2D eigenvalue weighted by Gasteiger charge is 2.17. The first-order valence-electron chi connectivity index (χ1n) is 5.22. The minimum atomic E-state index is 0.665. The molecule has 0 unspecified atom stereocenters. The predicted octanol–water partition coefficient (Wildman–Crippen LogP) is 2.16. The molecule has 3 heteroatoms. The molecule has 0 fully saturated rings. The van der Waals surface area contributed by atoms with Crippen LogP contribution in [0.2, 0.25) is 0 Å². The highest BCUT2D eigenvalue weighted by molar-refractivity contribution is 6.17. The standard InChI is InChI=1S/C13H10BO2/c15-14-16-11-6-5-10-7-9-3-1-2-4-12(9)13(10)8-11/h1-6,8,15H,7H2. The van der Waals surface area contributed by atoms with E-state index in [-0.39, 0.29) is 0 Å². The number of benzene rings is 2. The highest BCUT2D eigenvalue weighted by Crippen LogP contribution is 2.38. The summed E-state index contributed by atoms with van der Waals surface area (Å²) < 4.78 is 4.98. The van der Waals surface area contributed by atoms with Crippen molar-refractivity contribution < 1.29 is 9.68 Å². The van der Waals surface area contributed by atoms with E-state index < -0.39 is 0 Å². The van der Waals surface area contributed by atoms with Gasteiger partial charge in [-0.1, -0.05) is 30.3 Å². The van der Waals surface area contributed by atoms with Crippen LogP contribution >= 0.6 is 0 Å². The molecule has 16 heavy (non-hydrogen) atoms. The van der Waals surface area contributed by atoms with Crippen LogP contribution in [0.3, 0.4) is 0 Å².